The number of rotatable bonds is 4. The summed E-state index contributed by atoms with van der Waals surface area (Å²) < 4.78 is 2.09. The average molecular weight is 286 g/mol. The Bertz CT molecular complexity index is 716. The van der Waals surface area contributed by atoms with Crippen LogP contribution >= 0.6 is 11.6 Å². The molecular formula is C16H16ClN3. The normalized spacial score (nSPS) is 11.1. The van der Waals surface area contributed by atoms with Crippen LogP contribution < -0.4 is 0 Å². The maximum absolute atomic E-state index is 5.90. The molecule has 2 aromatic heterocycles. The second-order valence-corrected chi connectivity index (χ2v) is 5.05. The van der Waals surface area contributed by atoms with Gasteiger partial charge in [-0.1, -0.05) is 19.1 Å². The van der Waals surface area contributed by atoms with Gasteiger partial charge in [-0.3, -0.25) is 4.57 Å². The largest absolute Gasteiger partial charge is 0.281 e. The minimum absolute atomic E-state index is 0.552. The van der Waals surface area contributed by atoms with Gasteiger partial charge in [-0.25, -0.2) is 9.97 Å². The molecule has 0 atom stereocenters. The molecule has 1 aromatic carbocycles. The highest BCUT2D eigenvalue weighted by Gasteiger charge is 2.12. The molecule has 0 aliphatic heterocycles. The highest BCUT2D eigenvalue weighted by atomic mass is 35.5. The lowest BCUT2D eigenvalue weighted by atomic mass is 10.1. The number of pyridine rings is 1. The molecule has 0 saturated heterocycles. The van der Waals surface area contributed by atoms with E-state index in [-0.39, 0.29) is 0 Å². The smallest absolute Gasteiger partial charge is 0.164 e. The van der Waals surface area contributed by atoms with Crippen LogP contribution in [0.5, 0.6) is 0 Å². The van der Waals surface area contributed by atoms with Crippen LogP contribution in [-0.2, 0) is 12.8 Å². The molecule has 2 heterocycles. The predicted molar refractivity (Wildman–Crippen MR) is 82.7 cm³/mol. The number of imidazole rings is 1. The van der Waals surface area contributed by atoms with Crippen LogP contribution in [0.25, 0.3) is 16.9 Å². The number of nitrogens with zero attached hydrogens (tertiary/aromatic N) is 3. The summed E-state index contributed by atoms with van der Waals surface area (Å²) in [5.74, 6) is 1.51. The Hall–Kier alpha value is -1.87. The van der Waals surface area contributed by atoms with Crippen molar-refractivity contribution in [2.24, 2.45) is 0 Å². The Kier molecular flexibility index (Phi) is 3.70. The van der Waals surface area contributed by atoms with Crippen molar-refractivity contribution in [3.8, 4) is 5.69 Å². The number of alkyl halides is 1. The number of hydrogen-bond donors (Lipinski definition) is 0. The quantitative estimate of drug-likeness (QED) is 0.683. The highest BCUT2D eigenvalue weighted by Crippen LogP contribution is 2.21. The number of halogens is 1. The van der Waals surface area contributed by atoms with Gasteiger partial charge in [-0.2, -0.15) is 0 Å². The molecule has 3 rings (SSSR count). The van der Waals surface area contributed by atoms with Crippen molar-refractivity contribution in [2.75, 3.05) is 5.88 Å². The summed E-state index contributed by atoms with van der Waals surface area (Å²) in [5, 5.41) is 0. The molecule has 0 bridgehead atoms. The van der Waals surface area contributed by atoms with E-state index < -0.39 is 0 Å². The van der Waals surface area contributed by atoms with Crippen molar-refractivity contribution < 1.29 is 0 Å². The summed E-state index contributed by atoms with van der Waals surface area (Å²) >= 11 is 5.90. The molecule has 3 nitrogen and oxygen atoms in total. The van der Waals surface area contributed by atoms with Gasteiger partial charge in [0.2, 0.25) is 0 Å². The minimum Gasteiger partial charge on any atom is -0.281 e. The first-order valence-corrected chi connectivity index (χ1v) is 7.34. The first-order chi connectivity index (χ1) is 9.83. The fourth-order valence-electron chi connectivity index (χ4n) is 2.36. The topological polar surface area (TPSA) is 30.7 Å². The summed E-state index contributed by atoms with van der Waals surface area (Å²) in [6.07, 6.45) is 3.57. The number of fused-ring (bicyclic) bond motifs is 1. The van der Waals surface area contributed by atoms with Crippen LogP contribution in [0.15, 0.2) is 42.6 Å². The third-order valence-electron chi connectivity index (χ3n) is 3.41. The summed E-state index contributed by atoms with van der Waals surface area (Å²) in [5.41, 5.74) is 4.21. The number of aryl methyl sites for hydroxylation is 2. The van der Waals surface area contributed by atoms with E-state index in [1.165, 1.54) is 5.56 Å². The third-order valence-corrected chi connectivity index (χ3v) is 3.60. The first-order valence-electron chi connectivity index (χ1n) is 6.81. The summed E-state index contributed by atoms with van der Waals surface area (Å²) in [4.78, 5) is 9.10. The van der Waals surface area contributed by atoms with Crippen molar-refractivity contribution in [3.63, 3.8) is 0 Å². The molecule has 0 N–H and O–H groups in total. The van der Waals surface area contributed by atoms with Crippen molar-refractivity contribution in [1.82, 2.24) is 14.5 Å². The summed E-state index contributed by atoms with van der Waals surface area (Å²) in [7, 11) is 0. The highest BCUT2D eigenvalue weighted by molar-refractivity contribution is 6.17. The van der Waals surface area contributed by atoms with Crippen LogP contribution in [0.3, 0.4) is 0 Å². The molecule has 0 unspecified atom stereocenters. The molecule has 3 aromatic rings. The van der Waals surface area contributed by atoms with E-state index in [1.54, 1.807) is 6.20 Å². The average Bonchev–Trinajstić information content (AvgIpc) is 2.86. The zero-order valence-electron chi connectivity index (χ0n) is 11.4. The van der Waals surface area contributed by atoms with Crippen molar-refractivity contribution in [3.05, 3.63) is 54.0 Å². The Balaban J connectivity index is 2.18. The van der Waals surface area contributed by atoms with Crippen molar-refractivity contribution in [2.45, 2.75) is 19.8 Å². The second kappa shape index (κ2) is 5.63. The van der Waals surface area contributed by atoms with E-state index in [4.69, 9.17) is 11.6 Å². The van der Waals surface area contributed by atoms with Gasteiger partial charge in [0.05, 0.1) is 0 Å². The molecule has 0 amide bonds. The van der Waals surface area contributed by atoms with Gasteiger partial charge >= 0.3 is 0 Å². The molecule has 0 aliphatic carbocycles. The van der Waals surface area contributed by atoms with Crippen LogP contribution in [-0.4, -0.2) is 20.4 Å². The summed E-state index contributed by atoms with van der Waals surface area (Å²) in [6, 6.07) is 12.4. The second-order valence-electron chi connectivity index (χ2n) is 4.67. The minimum atomic E-state index is 0.552. The Labute approximate surface area is 123 Å². The van der Waals surface area contributed by atoms with Gasteiger partial charge in [0.25, 0.3) is 0 Å². The van der Waals surface area contributed by atoms with E-state index in [1.807, 2.05) is 12.1 Å². The van der Waals surface area contributed by atoms with Gasteiger partial charge in [0, 0.05) is 24.2 Å². The standard InChI is InChI=1S/C16H16ClN3/c1-2-12-5-7-13(8-6-12)20-15(9-10-17)19-14-4-3-11-18-16(14)20/h3-8,11H,2,9-10H2,1H3. The van der Waals surface area contributed by atoms with Crippen LogP contribution in [0.4, 0.5) is 0 Å². The predicted octanol–water partition coefficient (Wildman–Crippen LogP) is 3.76. The molecule has 0 fully saturated rings. The van der Waals surface area contributed by atoms with Crippen molar-refractivity contribution >= 4 is 22.8 Å². The summed E-state index contributed by atoms with van der Waals surface area (Å²) in [6.45, 7) is 2.15. The fraction of sp³-hybridized carbons (Fsp3) is 0.250. The van der Waals surface area contributed by atoms with Crippen LogP contribution in [0.1, 0.15) is 18.3 Å². The van der Waals surface area contributed by atoms with E-state index in [9.17, 15) is 0 Å². The maximum atomic E-state index is 5.90. The fourth-order valence-corrected chi connectivity index (χ4v) is 2.53. The Morgan fingerprint density at radius 1 is 1.15 bits per heavy atom. The van der Waals surface area contributed by atoms with Crippen molar-refractivity contribution in [1.29, 1.82) is 0 Å². The lowest BCUT2D eigenvalue weighted by Gasteiger charge is -2.08. The van der Waals surface area contributed by atoms with Crippen LogP contribution in [0.2, 0.25) is 0 Å². The SMILES string of the molecule is CCc1ccc(-n2c(CCCl)nc3cccnc32)cc1. The number of hydrogen-bond acceptors (Lipinski definition) is 2. The molecule has 0 saturated carbocycles. The van der Waals surface area contributed by atoms with Gasteiger partial charge in [0.1, 0.15) is 11.3 Å². The first kappa shape index (κ1) is 13.1. The molecule has 20 heavy (non-hydrogen) atoms. The van der Waals surface area contributed by atoms with E-state index in [2.05, 4.69) is 45.7 Å². The molecule has 0 spiro atoms. The number of benzene rings is 1. The Morgan fingerprint density at radius 3 is 2.65 bits per heavy atom. The van der Waals surface area contributed by atoms with E-state index in [0.29, 0.717) is 5.88 Å². The molecule has 102 valence electrons. The monoisotopic (exact) mass is 285 g/mol. The van der Waals surface area contributed by atoms with Crippen LogP contribution in [0, 0.1) is 0 Å². The van der Waals surface area contributed by atoms with Gasteiger partial charge in [-0.15, -0.1) is 11.6 Å². The van der Waals surface area contributed by atoms with E-state index >= 15 is 0 Å². The molecular weight excluding hydrogens is 270 g/mol. The van der Waals surface area contributed by atoms with Gasteiger partial charge in [-0.05, 0) is 36.2 Å². The molecule has 0 radical (unpaired) electrons. The zero-order valence-corrected chi connectivity index (χ0v) is 12.1. The van der Waals surface area contributed by atoms with E-state index in [0.717, 1.165) is 35.5 Å². The van der Waals surface area contributed by atoms with Gasteiger partial charge in [0.15, 0.2) is 5.65 Å². The number of aromatic nitrogens is 3. The van der Waals surface area contributed by atoms with Gasteiger partial charge < -0.3 is 0 Å². The maximum Gasteiger partial charge on any atom is 0.164 e. The molecule has 0 aliphatic rings. The lowest BCUT2D eigenvalue weighted by molar-refractivity contribution is 0.904. The zero-order chi connectivity index (χ0) is 13.9. The molecule has 4 heteroatoms. The third kappa shape index (κ3) is 2.29. The lowest BCUT2D eigenvalue weighted by Crippen LogP contribution is -2.03. The Morgan fingerprint density at radius 2 is 1.95 bits per heavy atom.